The van der Waals surface area contributed by atoms with Gasteiger partial charge in [0.05, 0.1) is 0 Å². The highest BCUT2D eigenvalue weighted by Crippen LogP contribution is 2.27. The molecule has 0 atom stereocenters. The van der Waals surface area contributed by atoms with E-state index in [-0.39, 0.29) is 18.4 Å². The van der Waals surface area contributed by atoms with E-state index in [0.717, 1.165) is 24.1 Å². The van der Waals surface area contributed by atoms with Crippen molar-refractivity contribution in [1.29, 1.82) is 0 Å². The van der Waals surface area contributed by atoms with E-state index in [1.165, 1.54) is 5.56 Å². The first-order valence-corrected chi connectivity index (χ1v) is 9.09. The zero-order valence-electron chi connectivity index (χ0n) is 14.9. The Morgan fingerprint density at radius 3 is 2.50 bits per heavy atom. The van der Waals surface area contributed by atoms with Crippen LogP contribution in [0.5, 0.6) is 0 Å². The minimum absolute atomic E-state index is 0.00723. The van der Waals surface area contributed by atoms with Crippen LogP contribution >= 0.6 is 0 Å². The number of rotatable bonds is 7. The summed E-state index contributed by atoms with van der Waals surface area (Å²) >= 11 is 0. The third-order valence-corrected chi connectivity index (χ3v) is 4.75. The van der Waals surface area contributed by atoms with Gasteiger partial charge in [-0.2, -0.15) is 0 Å². The molecule has 2 amide bonds. The highest BCUT2D eigenvalue weighted by molar-refractivity contribution is 6.01. The van der Waals surface area contributed by atoms with Crippen molar-refractivity contribution in [2.45, 2.75) is 19.3 Å². The molecule has 5 nitrogen and oxygen atoms in total. The number of carbonyl (C=O) groups is 2. The van der Waals surface area contributed by atoms with Crippen LogP contribution < -0.4 is 10.6 Å². The fraction of sp³-hybridized carbons (Fsp3) is 0.333. The van der Waals surface area contributed by atoms with E-state index in [0.29, 0.717) is 26.1 Å². The molecule has 0 aliphatic carbocycles. The van der Waals surface area contributed by atoms with Crippen LogP contribution in [0.1, 0.15) is 17.5 Å². The number of carbonyl (C=O) groups excluding carboxylic acids is 2. The average Bonchev–Trinajstić information content (AvgIpc) is 2.68. The van der Waals surface area contributed by atoms with E-state index in [1.807, 2.05) is 42.5 Å². The van der Waals surface area contributed by atoms with Gasteiger partial charge >= 0.3 is 0 Å². The van der Waals surface area contributed by atoms with Gasteiger partial charge in [0, 0.05) is 31.7 Å². The first-order valence-electron chi connectivity index (χ1n) is 9.09. The molecule has 0 spiro atoms. The molecule has 0 unspecified atom stereocenters. The quantitative estimate of drug-likeness (QED) is 0.830. The topological polar surface area (TPSA) is 66.6 Å². The van der Waals surface area contributed by atoms with Crippen LogP contribution in [-0.2, 0) is 22.4 Å². The zero-order valence-corrected chi connectivity index (χ0v) is 14.9. The lowest BCUT2D eigenvalue weighted by Crippen LogP contribution is -2.46. The Morgan fingerprint density at radius 1 is 1.00 bits per heavy atom. The number of fused-ring (bicyclic) bond motifs is 1. The van der Waals surface area contributed by atoms with Crippen LogP contribution in [0.25, 0.3) is 0 Å². The largest absolute Gasteiger partial charge is 0.340 e. The molecule has 1 heterocycles. The lowest BCUT2D eigenvalue weighted by molar-refractivity contribution is -0.131. The van der Waals surface area contributed by atoms with Crippen LogP contribution in [0.15, 0.2) is 54.6 Å². The van der Waals surface area contributed by atoms with Crippen molar-refractivity contribution < 1.29 is 9.59 Å². The van der Waals surface area contributed by atoms with Gasteiger partial charge in [-0.3, -0.25) is 9.59 Å². The molecule has 0 saturated carbocycles. The summed E-state index contributed by atoms with van der Waals surface area (Å²) in [6.45, 7) is 1.58. The van der Waals surface area contributed by atoms with Gasteiger partial charge in [0.1, 0.15) is 6.54 Å². The van der Waals surface area contributed by atoms with Crippen molar-refractivity contribution >= 4 is 17.5 Å². The van der Waals surface area contributed by atoms with E-state index in [2.05, 4.69) is 12.1 Å². The molecule has 2 aromatic carbocycles. The SMILES string of the molecule is NCCN(CCc1ccccc1)C(=O)CN1C(=O)CCc2ccccc21. The molecule has 136 valence electrons. The Bertz CT molecular complexity index is 761. The summed E-state index contributed by atoms with van der Waals surface area (Å²) in [5.41, 5.74) is 8.86. The molecular formula is C21H25N3O2. The zero-order chi connectivity index (χ0) is 18.4. The molecule has 26 heavy (non-hydrogen) atoms. The van der Waals surface area contributed by atoms with Crippen molar-refractivity contribution in [2.75, 3.05) is 31.1 Å². The first-order chi connectivity index (χ1) is 12.7. The molecule has 2 N–H and O–H groups in total. The third kappa shape index (κ3) is 4.29. The number of para-hydroxylation sites is 1. The summed E-state index contributed by atoms with van der Waals surface area (Å²) in [6, 6.07) is 17.9. The van der Waals surface area contributed by atoms with Crippen LogP contribution in [0.2, 0.25) is 0 Å². The standard InChI is InChI=1S/C21H25N3O2/c22-13-15-23(14-12-17-6-2-1-3-7-17)21(26)16-24-19-9-5-4-8-18(19)10-11-20(24)25/h1-9H,10-16,22H2. The van der Waals surface area contributed by atoms with Gasteiger partial charge in [-0.05, 0) is 30.0 Å². The molecule has 2 aromatic rings. The fourth-order valence-electron chi connectivity index (χ4n) is 3.33. The first kappa shape index (κ1) is 18.1. The highest BCUT2D eigenvalue weighted by atomic mass is 16.2. The van der Waals surface area contributed by atoms with Crippen LogP contribution in [0, 0.1) is 0 Å². The van der Waals surface area contributed by atoms with Gasteiger partial charge in [-0.25, -0.2) is 0 Å². The predicted molar refractivity (Wildman–Crippen MR) is 103 cm³/mol. The average molecular weight is 351 g/mol. The van der Waals surface area contributed by atoms with Gasteiger partial charge in [0.25, 0.3) is 0 Å². The molecule has 0 aromatic heterocycles. The van der Waals surface area contributed by atoms with Crippen molar-refractivity contribution in [2.24, 2.45) is 5.73 Å². The smallest absolute Gasteiger partial charge is 0.242 e. The fourth-order valence-corrected chi connectivity index (χ4v) is 3.33. The van der Waals surface area contributed by atoms with Gasteiger partial charge in [0.15, 0.2) is 0 Å². The number of nitrogens with two attached hydrogens (primary N) is 1. The summed E-state index contributed by atoms with van der Waals surface area (Å²) in [6.07, 6.45) is 1.96. The molecule has 1 aliphatic heterocycles. The van der Waals surface area contributed by atoms with Crippen molar-refractivity contribution in [1.82, 2.24) is 4.90 Å². The van der Waals surface area contributed by atoms with E-state index >= 15 is 0 Å². The van der Waals surface area contributed by atoms with Gasteiger partial charge < -0.3 is 15.5 Å². The normalized spacial score (nSPS) is 13.4. The summed E-state index contributed by atoms with van der Waals surface area (Å²) < 4.78 is 0. The summed E-state index contributed by atoms with van der Waals surface area (Å²) in [5, 5.41) is 0. The molecule has 5 heteroatoms. The van der Waals surface area contributed by atoms with E-state index in [9.17, 15) is 9.59 Å². The van der Waals surface area contributed by atoms with Crippen LogP contribution in [0.3, 0.4) is 0 Å². The number of hydrogen-bond donors (Lipinski definition) is 1. The number of benzene rings is 2. The number of anilines is 1. The molecule has 1 aliphatic rings. The number of aryl methyl sites for hydroxylation is 1. The Morgan fingerprint density at radius 2 is 1.73 bits per heavy atom. The molecule has 0 fully saturated rings. The minimum Gasteiger partial charge on any atom is -0.340 e. The highest BCUT2D eigenvalue weighted by Gasteiger charge is 2.27. The van der Waals surface area contributed by atoms with Crippen LogP contribution in [-0.4, -0.2) is 42.9 Å². The summed E-state index contributed by atoms with van der Waals surface area (Å²) in [7, 11) is 0. The second kappa shape index (κ2) is 8.63. The van der Waals surface area contributed by atoms with E-state index in [4.69, 9.17) is 5.73 Å². The molecule has 0 bridgehead atoms. The summed E-state index contributed by atoms with van der Waals surface area (Å²) in [5.74, 6) is -0.0516. The molecule has 0 radical (unpaired) electrons. The Labute approximate surface area is 154 Å². The third-order valence-electron chi connectivity index (χ3n) is 4.75. The maximum absolute atomic E-state index is 12.9. The van der Waals surface area contributed by atoms with Crippen molar-refractivity contribution in [3.05, 3.63) is 65.7 Å². The number of nitrogens with zero attached hydrogens (tertiary/aromatic N) is 2. The Hall–Kier alpha value is -2.66. The number of hydrogen-bond acceptors (Lipinski definition) is 3. The lowest BCUT2D eigenvalue weighted by atomic mass is 10.0. The second-order valence-electron chi connectivity index (χ2n) is 6.51. The van der Waals surface area contributed by atoms with Crippen molar-refractivity contribution in [3.63, 3.8) is 0 Å². The Balaban J connectivity index is 1.68. The number of amides is 2. The Kier molecular flexibility index (Phi) is 6.02. The molecule has 3 rings (SSSR count). The summed E-state index contributed by atoms with van der Waals surface area (Å²) in [4.78, 5) is 28.6. The predicted octanol–water partition coefficient (Wildman–Crippen LogP) is 2.00. The van der Waals surface area contributed by atoms with Crippen molar-refractivity contribution in [3.8, 4) is 0 Å². The van der Waals surface area contributed by atoms with Gasteiger partial charge in [-0.15, -0.1) is 0 Å². The van der Waals surface area contributed by atoms with Gasteiger partial charge in [0.2, 0.25) is 11.8 Å². The lowest BCUT2D eigenvalue weighted by Gasteiger charge is -2.31. The van der Waals surface area contributed by atoms with E-state index < -0.39 is 0 Å². The molecular weight excluding hydrogens is 326 g/mol. The molecule has 0 saturated heterocycles. The second-order valence-corrected chi connectivity index (χ2v) is 6.51. The maximum Gasteiger partial charge on any atom is 0.242 e. The van der Waals surface area contributed by atoms with E-state index in [1.54, 1.807) is 9.80 Å². The van der Waals surface area contributed by atoms with Crippen LogP contribution in [0.4, 0.5) is 5.69 Å². The monoisotopic (exact) mass is 351 g/mol. The van der Waals surface area contributed by atoms with Gasteiger partial charge in [-0.1, -0.05) is 48.5 Å². The maximum atomic E-state index is 12.9. The minimum atomic E-state index is -0.0589.